The van der Waals surface area contributed by atoms with Crippen LogP contribution in [0.15, 0.2) is 54.6 Å². The number of carbonyl (C=O) groups is 4. The minimum absolute atomic E-state index is 0.0499. The van der Waals surface area contributed by atoms with Gasteiger partial charge in [0.05, 0.1) is 0 Å². The second kappa shape index (κ2) is 16.5. The van der Waals surface area contributed by atoms with Gasteiger partial charge in [-0.3, -0.25) is 14.4 Å². The maximum Gasteiger partial charge on any atom is 0.408 e. The molecule has 0 fully saturated rings. The van der Waals surface area contributed by atoms with Crippen LogP contribution in [0.4, 0.5) is 4.79 Å². The minimum Gasteiger partial charge on any atom is -0.489 e. The van der Waals surface area contributed by atoms with E-state index >= 15 is 0 Å². The van der Waals surface area contributed by atoms with E-state index in [9.17, 15) is 19.2 Å². The molecule has 0 radical (unpaired) electrons. The van der Waals surface area contributed by atoms with Gasteiger partial charge in [0, 0.05) is 6.42 Å². The van der Waals surface area contributed by atoms with Crippen LogP contribution in [0.25, 0.3) is 0 Å². The topological polar surface area (TPSA) is 149 Å². The number of hydrogen-bond acceptors (Lipinski definition) is 6. The molecule has 5 N–H and O–H groups in total. The molecule has 43 heavy (non-hydrogen) atoms. The SMILES string of the molecule is CC(C)C[C@H](NC(=O)[C@@H](CC(C)C)NC(=O)[C@@H](Cc1ccc(OCc2ccccc2)cc1)NC(=O)OC(C)(C)C)C(N)=O. The Kier molecular flexibility index (Phi) is 13.5. The fraction of sp³-hybridized carbons (Fsp3) is 0.515. The van der Waals surface area contributed by atoms with Gasteiger partial charge in [0.1, 0.15) is 36.1 Å². The molecule has 2 aromatic carbocycles. The van der Waals surface area contributed by atoms with Crippen molar-refractivity contribution < 1.29 is 28.7 Å². The third-order valence-corrected chi connectivity index (χ3v) is 6.33. The summed E-state index contributed by atoms with van der Waals surface area (Å²) in [5, 5.41) is 8.14. The number of ether oxygens (including phenoxy) is 2. The maximum absolute atomic E-state index is 13.6. The third kappa shape index (κ3) is 13.6. The van der Waals surface area contributed by atoms with Crippen LogP contribution >= 0.6 is 0 Å². The lowest BCUT2D eigenvalue weighted by Gasteiger charge is -2.27. The fourth-order valence-electron chi connectivity index (χ4n) is 4.32. The quantitative estimate of drug-likeness (QED) is 0.242. The summed E-state index contributed by atoms with van der Waals surface area (Å²) in [6.45, 7) is 13.3. The minimum atomic E-state index is -1.05. The van der Waals surface area contributed by atoms with E-state index in [2.05, 4.69) is 16.0 Å². The number of benzene rings is 2. The van der Waals surface area contributed by atoms with E-state index in [0.717, 1.165) is 11.1 Å². The molecule has 0 aliphatic rings. The van der Waals surface area contributed by atoms with Crippen LogP contribution in [0.3, 0.4) is 0 Å². The van der Waals surface area contributed by atoms with Crippen molar-refractivity contribution in [3.05, 3.63) is 65.7 Å². The molecule has 4 amide bonds. The molecule has 0 aliphatic heterocycles. The average Bonchev–Trinajstić information content (AvgIpc) is 2.90. The predicted octanol–water partition coefficient (Wildman–Crippen LogP) is 4.25. The van der Waals surface area contributed by atoms with Gasteiger partial charge in [-0.15, -0.1) is 0 Å². The lowest BCUT2D eigenvalue weighted by atomic mass is 9.99. The summed E-state index contributed by atoms with van der Waals surface area (Å²) in [6, 6.07) is 14.2. The molecule has 3 atom stereocenters. The van der Waals surface area contributed by atoms with Crippen molar-refractivity contribution in [1.82, 2.24) is 16.0 Å². The van der Waals surface area contributed by atoms with Crippen molar-refractivity contribution in [3.63, 3.8) is 0 Å². The second-order valence-corrected chi connectivity index (χ2v) is 12.6. The van der Waals surface area contributed by atoms with E-state index in [-0.39, 0.29) is 18.3 Å². The maximum atomic E-state index is 13.6. The molecule has 0 saturated carbocycles. The molecule has 10 nitrogen and oxygen atoms in total. The largest absolute Gasteiger partial charge is 0.489 e. The molecule has 2 aromatic rings. The Morgan fingerprint density at radius 3 is 1.79 bits per heavy atom. The molecule has 2 rings (SSSR count). The van der Waals surface area contributed by atoms with Crippen LogP contribution in [0.2, 0.25) is 0 Å². The number of nitrogens with one attached hydrogen (secondary N) is 3. The van der Waals surface area contributed by atoms with E-state index in [1.165, 1.54) is 0 Å². The molecular weight excluding hydrogens is 548 g/mol. The second-order valence-electron chi connectivity index (χ2n) is 12.6. The van der Waals surface area contributed by atoms with Gasteiger partial charge in [0.25, 0.3) is 0 Å². The number of rotatable bonds is 15. The van der Waals surface area contributed by atoms with Gasteiger partial charge in [-0.25, -0.2) is 4.79 Å². The van der Waals surface area contributed by atoms with Gasteiger partial charge in [0.15, 0.2) is 0 Å². The van der Waals surface area contributed by atoms with Crippen LogP contribution < -0.4 is 26.4 Å². The molecule has 0 unspecified atom stereocenters. The predicted molar refractivity (Wildman–Crippen MR) is 166 cm³/mol. The van der Waals surface area contributed by atoms with Crippen molar-refractivity contribution in [2.75, 3.05) is 0 Å². The van der Waals surface area contributed by atoms with E-state index in [1.807, 2.05) is 70.2 Å². The highest BCUT2D eigenvalue weighted by Crippen LogP contribution is 2.17. The Balaban J connectivity index is 2.20. The van der Waals surface area contributed by atoms with Crippen molar-refractivity contribution >= 4 is 23.8 Å². The Bertz CT molecular complexity index is 1190. The lowest BCUT2D eigenvalue weighted by Crippen LogP contribution is -2.57. The van der Waals surface area contributed by atoms with Crippen LogP contribution in [0.1, 0.15) is 72.4 Å². The summed E-state index contributed by atoms with van der Waals surface area (Å²) in [6.07, 6.45) is 0.0671. The van der Waals surface area contributed by atoms with Gasteiger partial charge < -0.3 is 31.2 Å². The summed E-state index contributed by atoms with van der Waals surface area (Å²) >= 11 is 0. The molecule has 0 aliphatic carbocycles. The van der Waals surface area contributed by atoms with Crippen LogP contribution in [-0.4, -0.2) is 47.5 Å². The first-order chi connectivity index (χ1) is 20.1. The summed E-state index contributed by atoms with van der Waals surface area (Å²) in [4.78, 5) is 51.5. The fourth-order valence-corrected chi connectivity index (χ4v) is 4.32. The first kappa shape index (κ1) is 35.1. The molecule has 0 bridgehead atoms. The smallest absolute Gasteiger partial charge is 0.408 e. The van der Waals surface area contributed by atoms with E-state index in [1.54, 1.807) is 32.9 Å². The van der Waals surface area contributed by atoms with Gasteiger partial charge >= 0.3 is 6.09 Å². The van der Waals surface area contributed by atoms with Crippen molar-refractivity contribution in [2.24, 2.45) is 17.6 Å². The van der Waals surface area contributed by atoms with Crippen molar-refractivity contribution in [2.45, 2.75) is 98.1 Å². The number of carbonyl (C=O) groups excluding carboxylic acids is 4. The van der Waals surface area contributed by atoms with Crippen molar-refractivity contribution in [3.8, 4) is 5.75 Å². The summed E-state index contributed by atoms with van der Waals surface area (Å²) in [7, 11) is 0. The van der Waals surface area contributed by atoms with Crippen LogP contribution in [-0.2, 0) is 32.1 Å². The van der Waals surface area contributed by atoms with Gasteiger partial charge in [-0.2, -0.15) is 0 Å². The molecule has 0 saturated heterocycles. The zero-order chi connectivity index (χ0) is 32.2. The molecule has 0 heterocycles. The van der Waals surface area contributed by atoms with E-state index in [4.69, 9.17) is 15.2 Å². The van der Waals surface area contributed by atoms with Crippen LogP contribution in [0, 0.1) is 11.8 Å². The van der Waals surface area contributed by atoms with Gasteiger partial charge in [0.2, 0.25) is 17.7 Å². The first-order valence-electron chi connectivity index (χ1n) is 14.8. The highest BCUT2D eigenvalue weighted by molar-refractivity contribution is 5.93. The monoisotopic (exact) mass is 596 g/mol. The van der Waals surface area contributed by atoms with E-state index in [0.29, 0.717) is 25.2 Å². The number of hydrogen-bond donors (Lipinski definition) is 4. The standard InChI is InChI=1S/C33H48N4O6/c1-21(2)17-26(29(34)38)35-30(39)27(18-22(3)4)36-31(40)28(37-32(41)43-33(5,6)7)19-23-13-15-25(16-14-23)42-20-24-11-9-8-10-12-24/h8-16,21-22,26-28H,17-20H2,1-7H3,(H2,34,38)(H,35,39)(H,36,40)(H,37,41)/t26-,27+,28+/m0/s1. The number of nitrogens with two attached hydrogens (primary N) is 1. The zero-order valence-corrected chi connectivity index (χ0v) is 26.4. The molecule has 0 spiro atoms. The molecule has 236 valence electrons. The third-order valence-electron chi connectivity index (χ3n) is 6.33. The summed E-state index contributed by atoms with van der Waals surface area (Å²) in [5.74, 6) is -0.884. The van der Waals surface area contributed by atoms with Gasteiger partial charge in [-0.05, 0) is 68.7 Å². The molecule has 0 aromatic heterocycles. The van der Waals surface area contributed by atoms with Crippen LogP contribution in [0.5, 0.6) is 5.75 Å². The Hall–Kier alpha value is -4.08. The van der Waals surface area contributed by atoms with E-state index < -0.39 is 47.5 Å². The normalized spacial score (nSPS) is 13.5. The number of alkyl carbamates (subject to hydrolysis) is 1. The highest BCUT2D eigenvalue weighted by Gasteiger charge is 2.31. The average molecular weight is 597 g/mol. The van der Waals surface area contributed by atoms with Gasteiger partial charge in [-0.1, -0.05) is 70.2 Å². The Morgan fingerprint density at radius 2 is 1.26 bits per heavy atom. The Morgan fingerprint density at radius 1 is 0.721 bits per heavy atom. The Labute approximate surface area is 255 Å². The molecule has 10 heteroatoms. The summed E-state index contributed by atoms with van der Waals surface area (Å²) in [5.41, 5.74) is 6.55. The molecular formula is C33H48N4O6. The highest BCUT2D eigenvalue weighted by atomic mass is 16.6. The number of amides is 4. The summed E-state index contributed by atoms with van der Waals surface area (Å²) < 4.78 is 11.3. The first-order valence-corrected chi connectivity index (χ1v) is 14.8. The zero-order valence-electron chi connectivity index (χ0n) is 26.4. The lowest BCUT2D eigenvalue weighted by molar-refractivity contribution is -0.132. The van der Waals surface area contributed by atoms with Crippen molar-refractivity contribution in [1.29, 1.82) is 0 Å². The number of primary amides is 1.